The molecule has 142 valence electrons. The van der Waals surface area contributed by atoms with Crippen molar-refractivity contribution in [3.05, 3.63) is 54.1 Å². The molecule has 0 spiro atoms. The molecule has 1 aliphatic heterocycles. The van der Waals surface area contributed by atoms with Crippen molar-refractivity contribution in [1.82, 2.24) is 9.55 Å². The first kappa shape index (κ1) is 16.9. The Kier molecular flexibility index (Phi) is 3.68. The van der Waals surface area contributed by atoms with Crippen LogP contribution in [0.3, 0.4) is 0 Å². The standard InChI is InChI=1S/C20H16F2N4O2/c21-13-8-5-11(9-14(13)22)23-18(27)10-17-19(28)25(12-6-7-12)20-24-15-3-1-2-4-16(15)26(17)20/h1-5,8-9,12,17H,6-7,10H2,(H,23,27)/t17-/m0/s1. The topological polar surface area (TPSA) is 67.2 Å². The molecule has 1 atom stereocenters. The molecule has 0 radical (unpaired) electrons. The lowest BCUT2D eigenvalue weighted by Gasteiger charge is -2.15. The third-order valence-electron chi connectivity index (χ3n) is 5.12. The number of carbonyl (C=O) groups is 2. The predicted octanol–water partition coefficient (Wildman–Crippen LogP) is 3.39. The van der Waals surface area contributed by atoms with Crippen LogP contribution < -0.4 is 10.2 Å². The quantitative estimate of drug-likeness (QED) is 0.752. The van der Waals surface area contributed by atoms with Gasteiger partial charge in [0.1, 0.15) is 6.04 Å². The van der Waals surface area contributed by atoms with Gasteiger partial charge in [-0.3, -0.25) is 19.1 Å². The first-order valence-corrected chi connectivity index (χ1v) is 9.08. The van der Waals surface area contributed by atoms with Crippen LogP contribution in [0, 0.1) is 11.6 Å². The van der Waals surface area contributed by atoms with Crippen LogP contribution in [-0.2, 0) is 9.59 Å². The number of aromatic nitrogens is 2. The second kappa shape index (κ2) is 6.12. The maximum absolute atomic E-state index is 13.4. The van der Waals surface area contributed by atoms with E-state index in [9.17, 15) is 18.4 Å². The van der Waals surface area contributed by atoms with Crippen LogP contribution in [0.1, 0.15) is 25.3 Å². The highest BCUT2D eigenvalue weighted by molar-refractivity contribution is 6.05. The molecule has 2 amide bonds. The normalized spacial score (nSPS) is 18.6. The highest BCUT2D eigenvalue weighted by atomic mass is 19.2. The Morgan fingerprint density at radius 3 is 2.68 bits per heavy atom. The van der Waals surface area contributed by atoms with Gasteiger partial charge in [0.25, 0.3) is 5.91 Å². The van der Waals surface area contributed by atoms with E-state index in [-0.39, 0.29) is 24.1 Å². The molecule has 2 aliphatic rings. The third-order valence-corrected chi connectivity index (χ3v) is 5.12. The molecule has 3 aromatic rings. The number of rotatable bonds is 4. The monoisotopic (exact) mass is 382 g/mol. The van der Waals surface area contributed by atoms with Crippen LogP contribution in [0.15, 0.2) is 42.5 Å². The van der Waals surface area contributed by atoms with Gasteiger partial charge in [0.2, 0.25) is 11.9 Å². The van der Waals surface area contributed by atoms with E-state index >= 15 is 0 Å². The summed E-state index contributed by atoms with van der Waals surface area (Å²) >= 11 is 0. The number of imidazole rings is 1. The van der Waals surface area contributed by atoms with E-state index in [0.29, 0.717) is 5.95 Å². The molecule has 1 aromatic heterocycles. The van der Waals surface area contributed by atoms with Crippen LogP contribution >= 0.6 is 0 Å². The van der Waals surface area contributed by atoms with E-state index < -0.39 is 23.6 Å². The minimum atomic E-state index is -1.04. The molecular weight excluding hydrogens is 366 g/mol. The molecule has 1 saturated carbocycles. The van der Waals surface area contributed by atoms with Gasteiger partial charge in [-0.05, 0) is 37.1 Å². The molecule has 5 rings (SSSR count). The van der Waals surface area contributed by atoms with Crippen molar-refractivity contribution in [2.45, 2.75) is 31.3 Å². The summed E-state index contributed by atoms with van der Waals surface area (Å²) in [5.74, 6) is -2.07. The molecule has 1 N–H and O–H groups in total. The third kappa shape index (κ3) is 2.64. The maximum Gasteiger partial charge on any atom is 0.253 e. The van der Waals surface area contributed by atoms with Crippen LogP contribution in [0.5, 0.6) is 0 Å². The molecule has 28 heavy (non-hydrogen) atoms. The van der Waals surface area contributed by atoms with Gasteiger partial charge in [0.05, 0.1) is 17.5 Å². The zero-order valence-corrected chi connectivity index (χ0v) is 14.7. The zero-order valence-electron chi connectivity index (χ0n) is 14.7. The molecule has 2 heterocycles. The molecule has 0 bridgehead atoms. The molecule has 8 heteroatoms. The van der Waals surface area contributed by atoms with Crippen molar-refractivity contribution in [2.75, 3.05) is 10.2 Å². The Morgan fingerprint density at radius 2 is 1.93 bits per heavy atom. The van der Waals surface area contributed by atoms with Crippen molar-refractivity contribution in [3.63, 3.8) is 0 Å². The highest BCUT2D eigenvalue weighted by Crippen LogP contribution is 2.42. The van der Waals surface area contributed by atoms with Gasteiger partial charge >= 0.3 is 0 Å². The minimum absolute atomic E-state index is 0.117. The zero-order chi connectivity index (χ0) is 19.4. The average molecular weight is 382 g/mol. The summed E-state index contributed by atoms with van der Waals surface area (Å²) in [5.41, 5.74) is 1.70. The van der Waals surface area contributed by atoms with Gasteiger partial charge in [-0.25, -0.2) is 13.8 Å². The van der Waals surface area contributed by atoms with E-state index in [1.54, 1.807) is 9.47 Å². The largest absolute Gasteiger partial charge is 0.326 e. The summed E-state index contributed by atoms with van der Waals surface area (Å²) in [7, 11) is 0. The number of carbonyl (C=O) groups excluding carboxylic acids is 2. The predicted molar refractivity (Wildman–Crippen MR) is 98.9 cm³/mol. The summed E-state index contributed by atoms with van der Waals surface area (Å²) in [4.78, 5) is 31.8. The van der Waals surface area contributed by atoms with Crippen molar-refractivity contribution in [2.24, 2.45) is 0 Å². The number of nitrogens with zero attached hydrogens (tertiary/aromatic N) is 3. The Balaban J connectivity index is 1.45. The van der Waals surface area contributed by atoms with Gasteiger partial charge in [-0.2, -0.15) is 0 Å². The lowest BCUT2D eigenvalue weighted by atomic mass is 10.1. The Morgan fingerprint density at radius 1 is 1.14 bits per heavy atom. The fraction of sp³-hybridized carbons (Fsp3) is 0.250. The summed E-state index contributed by atoms with van der Waals surface area (Å²) in [6.07, 6.45) is 1.72. The van der Waals surface area contributed by atoms with E-state index in [1.165, 1.54) is 6.07 Å². The summed E-state index contributed by atoms with van der Waals surface area (Å²) in [6, 6.07) is 10.0. The summed E-state index contributed by atoms with van der Waals surface area (Å²) in [5, 5.41) is 2.54. The number of hydrogen-bond donors (Lipinski definition) is 1. The fourth-order valence-electron chi connectivity index (χ4n) is 3.69. The Hall–Kier alpha value is -3.29. The van der Waals surface area contributed by atoms with Crippen LogP contribution in [0.25, 0.3) is 11.0 Å². The van der Waals surface area contributed by atoms with Crippen molar-refractivity contribution in [3.8, 4) is 0 Å². The second-order valence-electron chi connectivity index (χ2n) is 7.11. The van der Waals surface area contributed by atoms with E-state index in [2.05, 4.69) is 10.3 Å². The van der Waals surface area contributed by atoms with Crippen molar-refractivity contribution in [1.29, 1.82) is 0 Å². The first-order chi connectivity index (χ1) is 13.5. The van der Waals surface area contributed by atoms with E-state index in [1.807, 2.05) is 24.3 Å². The number of amides is 2. The molecule has 2 aromatic carbocycles. The second-order valence-corrected chi connectivity index (χ2v) is 7.11. The van der Waals surface area contributed by atoms with Gasteiger partial charge in [-0.15, -0.1) is 0 Å². The smallest absolute Gasteiger partial charge is 0.253 e. The molecule has 0 saturated heterocycles. The number of nitrogens with one attached hydrogen (secondary N) is 1. The number of para-hydroxylation sites is 2. The number of hydrogen-bond acceptors (Lipinski definition) is 3. The van der Waals surface area contributed by atoms with Crippen LogP contribution in [-0.4, -0.2) is 27.4 Å². The van der Waals surface area contributed by atoms with Crippen LogP contribution in [0.2, 0.25) is 0 Å². The molecule has 1 fully saturated rings. The summed E-state index contributed by atoms with van der Waals surface area (Å²) < 4.78 is 28.3. The fourth-order valence-corrected chi connectivity index (χ4v) is 3.69. The number of benzene rings is 2. The Bertz CT molecular complexity index is 1120. The number of fused-ring (bicyclic) bond motifs is 3. The first-order valence-electron chi connectivity index (χ1n) is 9.08. The van der Waals surface area contributed by atoms with Crippen molar-refractivity contribution >= 4 is 34.5 Å². The minimum Gasteiger partial charge on any atom is -0.326 e. The van der Waals surface area contributed by atoms with Gasteiger partial charge in [0, 0.05) is 17.8 Å². The Labute approximate surface area is 158 Å². The average Bonchev–Trinajstić information content (AvgIpc) is 3.37. The molecule has 1 aliphatic carbocycles. The van der Waals surface area contributed by atoms with E-state index in [4.69, 9.17) is 0 Å². The lowest BCUT2D eigenvalue weighted by molar-refractivity contribution is -0.124. The number of halogens is 2. The van der Waals surface area contributed by atoms with E-state index in [0.717, 1.165) is 36.0 Å². The van der Waals surface area contributed by atoms with Gasteiger partial charge in [-0.1, -0.05) is 12.1 Å². The number of anilines is 2. The molecular formula is C20H16F2N4O2. The highest BCUT2D eigenvalue weighted by Gasteiger charge is 2.47. The van der Waals surface area contributed by atoms with Crippen LogP contribution in [0.4, 0.5) is 20.4 Å². The van der Waals surface area contributed by atoms with Gasteiger partial charge in [0.15, 0.2) is 11.6 Å². The van der Waals surface area contributed by atoms with Crippen molar-refractivity contribution < 1.29 is 18.4 Å². The summed E-state index contributed by atoms with van der Waals surface area (Å²) in [6.45, 7) is 0. The maximum atomic E-state index is 13.4. The SMILES string of the molecule is O=C(C[C@H]1C(=O)N(C2CC2)c2nc3ccccc3n21)Nc1ccc(F)c(F)c1. The lowest BCUT2D eigenvalue weighted by Crippen LogP contribution is -2.33. The molecule has 6 nitrogen and oxygen atoms in total. The van der Waals surface area contributed by atoms with Gasteiger partial charge < -0.3 is 5.32 Å². The molecule has 0 unspecified atom stereocenters.